The molecule has 1 aliphatic carbocycles. The highest BCUT2D eigenvalue weighted by Crippen LogP contribution is 2.46. The van der Waals surface area contributed by atoms with E-state index in [1.807, 2.05) is 6.07 Å². The fourth-order valence-corrected chi connectivity index (χ4v) is 4.70. The van der Waals surface area contributed by atoms with Crippen LogP contribution in [0, 0.1) is 5.82 Å². The normalized spacial score (nSPS) is 20.5. The molecule has 3 aromatic rings. The molecule has 0 fully saturated rings. The Morgan fingerprint density at radius 3 is 2.67 bits per heavy atom. The van der Waals surface area contributed by atoms with Gasteiger partial charge in [0.15, 0.2) is 5.78 Å². The number of Topliss-reactive ketones (excluding diaryl/α,β-unsaturated/α-hetero) is 1. The Labute approximate surface area is 177 Å². The zero-order valence-electron chi connectivity index (χ0n) is 15.4. The molecule has 152 valence electrons. The molecule has 0 saturated heterocycles. The lowest BCUT2D eigenvalue weighted by Crippen LogP contribution is -2.37. The first-order valence-corrected chi connectivity index (χ1v) is 10.1. The van der Waals surface area contributed by atoms with Crippen LogP contribution in [0.5, 0.6) is 0 Å². The molecule has 30 heavy (non-hydrogen) atoms. The largest absolute Gasteiger partial charge is 0.469 e. The number of anilines is 1. The molecule has 0 amide bonds. The van der Waals surface area contributed by atoms with Gasteiger partial charge in [0.05, 0.1) is 16.3 Å². The van der Waals surface area contributed by atoms with Crippen LogP contribution < -0.4 is 16.6 Å². The molecule has 2 unspecified atom stereocenters. The molecule has 9 heteroatoms. The Morgan fingerprint density at radius 2 is 1.93 bits per heavy atom. The maximum absolute atomic E-state index is 13.8. The average molecular weight is 472 g/mol. The highest BCUT2D eigenvalue weighted by atomic mass is 79.9. The van der Waals surface area contributed by atoms with Gasteiger partial charge in [0.1, 0.15) is 17.4 Å². The lowest BCUT2D eigenvalue weighted by Gasteiger charge is -2.35. The summed E-state index contributed by atoms with van der Waals surface area (Å²) in [5, 5.41) is 3.08. The maximum atomic E-state index is 13.8. The van der Waals surface area contributed by atoms with Crippen LogP contribution in [0.4, 0.5) is 10.2 Å². The van der Waals surface area contributed by atoms with E-state index < -0.39 is 23.0 Å². The van der Waals surface area contributed by atoms with Crippen LogP contribution in [0.3, 0.4) is 0 Å². The molecule has 0 bridgehead atoms. The van der Waals surface area contributed by atoms with Gasteiger partial charge >= 0.3 is 5.69 Å². The minimum atomic E-state index is -0.737. The molecule has 2 aromatic heterocycles. The van der Waals surface area contributed by atoms with Gasteiger partial charge in [-0.2, -0.15) is 0 Å². The summed E-state index contributed by atoms with van der Waals surface area (Å²) in [5.74, 6) is -0.547. The molecule has 0 spiro atoms. The Hall–Kier alpha value is -3.20. The van der Waals surface area contributed by atoms with Gasteiger partial charge < -0.3 is 9.73 Å². The third kappa shape index (κ3) is 2.97. The number of carbonyl (C=O) groups is 1. The van der Waals surface area contributed by atoms with Crippen molar-refractivity contribution >= 4 is 27.5 Å². The van der Waals surface area contributed by atoms with E-state index in [9.17, 15) is 18.8 Å². The molecule has 1 aliphatic heterocycles. The number of hydrogen-bond donors (Lipinski definition) is 3. The second-order valence-corrected chi connectivity index (χ2v) is 8.22. The van der Waals surface area contributed by atoms with Crippen LogP contribution in [0.2, 0.25) is 0 Å². The Kier molecular flexibility index (Phi) is 4.35. The predicted octanol–water partition coefficient (Wildman–Crippen LogP) is 3.52. The predicted molar refractivity (Wildman–Crippen MR) is 110 cm³/mol. The minimum Gasteiger partial charge on any atom is -0.469 e. The first-order valence-electron chi connectivity index (χ1n) is 9.30. The zero-order chi connectivity index (χ0) is 21.0. The summed E-state index contributed by atoms with van der Waals surface area (Å²) < 4.78 is 19.6. The van der Waals surface area contributed by atoms with E-state index in [4.69, 9.17) is 4.42 Å². The number of carbonyl (C=O) groups excluding carboxylic acids is 1. The summed E-state index contributed by atoms with van der Waals surface area (Å²) >= 11 is 3.17. The molecule has 3 heterocycles. The first-order chi connectivity index (χ1) is 14.4. The van der Waals surface area contributed by atoms with E-state index >= 15 is 0 Å². The van der Waals surface area contributed by atoms with Crippen LogP contribution >= 0.6 is 15.9 Å². The van der Waals surface area contributed by atoms with Gasteiger partial charge in [-0.3, -0.25) is 19.6 Å². The molecular weight excluding hydrogens is 457 g/mol. The summed E-state index contributed by atoms with van der Waals surface area (Å²) in [4.78, 5) is 42.7. The van der Waals surface area contributed by atoms with Crippen molar-refractivity contribution in [2.75, 3.05) is 5.32 Å². The smallest absolute Gasteiger partial charge is 0.327 e. The summed E-state index contributed by atoms with van der Waals surface area (Å²) in [7, 11) is 0. The number of rotatable bonds is 2. The van der Waals surface area contributed by atoms with Crippen LogP contribution in [0.1, 0.15) is 41.6 Å². The molecule has 5 rings (SSSR count). The lowest BCUT2D eigenvalue weighted by atomic mass is 9.73. The van der Waals surface area contributed by atoms with E-state index in [2.05, 4.69) is 31.2 Å². The Morgan fingerprint density at radius 1 is 1.10 bits per heavy atom. The molecule has 2 aliphatic rings. The number of fused-ring (bicyclic) bond motifs is 1. The van der Waals surface area contributed by atoms with Crippen molar-refractivity contribution < 1.29 is 13.6 Å². The molecule has 1 aromatic carbocycles. The number of furan rings is 1. The van der Waals surface area contributed by atoms with Crippen LogP contribution in [0.25, 0.3) is 0 Å². The number of H-pyrrole nitrogens is 2. The van der Waals surface area contributed by atoms with E-state index in [0.717, 1.165) is 0 Å². The standard InChI is InChI=1S/C21H15BrFN3O4/c22-11-6-9(3-4-12(11)23)16-17-13(24-19-18(16)20(28)26-21(29)25-19)7-10(8-14(17)27)15-2-1-5-30-15/h1-6,10,16H,7-8H2,(H3,24,25,26,28,29). The highest BCUT2D eigenvalue weighted by Gasteiger charge is 2.40. The fourth-order valence-electron chi connectivity index (χ4n) is 4.30. The molecule has 0 radical (unpaired) electrons. The average Bonchev–Trinajstić information content (AvgIpc) is 3.23. The Balaban J connectivity index is 1.72. The summed E-state index contributed by atoms with van der Waals surface area (Å²) in [6.07, 6.45) is 2.26. The van der Waals surface area contributed by atoms with E-state index in [1.165, 1.54) is 6.07 Å². The van der Waals surface area contributed by atoms with Crippen LogP contribution in [0.15, 0.2) is 66.3 Å². The molecular formula is C21H15BrFN3O4. The van der Waals surface area contributed by atoms with E-state index in [0.29, 0.717) is 29.0 Å². The third-order valence-electron chi connectivity index (χ3n) is 5.56. The van der Waals surface area contributed by atoms with E-state index in [-0.39, 0.29) is 34.0 Å². The van der Waals surface area contributed by atoms with Gasteiger partial charge in [-0.15, -0.1) is 0 Å². The van der Waals surface area contributed by atoms with Crippen molar-refractivity contribution in [2.45, 2.75) is 24.7 Å². The van der Waals surface area contributed by atoms with Crippen molar-refractivity contribution in [1.82, 2.24) is 9.97 Å². The van der Waals surface area contributed by atoms with Crippen LogP contribution in [-0.4, -0.2) is 15.8 Å². The highest BCUT2D eigenvalue weighted by molar-refractivity contribution is 9.10. The van der Waals surface area contributed by atoms with Crippen molar-refractivity contribution in [3.8, 4) is 0 Å². The van der Waals surface area contributed by atoms with Gasteiger partial charge in [-0.25, -0.2) is 9.18 Å². The van der Waals surface area contributed by atoms with Crippen molar-refractivity contribution in [1.29, 1.82) is 0 Å². The molecule has 7 nitrogen and oxygen atoms in total. The summed E-state index contributed by atoms with van der Waals surface area (Å²) in [6.45, 7) is 0. The number of halogens is 2. The topological polar surface area (TPSA) is 108 Å². The summed E-state index contributed by atoms with van der Waals surface area (Å²) in [5.41, 5.74) is 0.601. The number of ketones is 1. The number of aromatic nitrogens is 2. The molecule has 0 saturated carbocycles. The zero-order valence-corrected chi connectivity index (χ0v) is 17.0. The van der Waals surface area contributed by atoms with Gasteiger partial charge in [0, 0.05) is 29.5 Å². The first kappa shape index (κ1) is 18.8. The number of allylic oxidation sites excluding steroid dienone is 2. The number of benzene rings is 1. The van der Waals surface area contributed by atoms with Gasteiger partial charge in [-0.05, 0) is 52.2 Å². The van der Waals surface area contributed by atoms with Crippen molar-refractivity contribution in [3.05, 3.63) is 95.9 Å². The Bertz CT molecular complexity index is 1320. The van der Waals surface area contributed by atoms with Gasteiger partial charge in [-0.1, -0.05) is 6.07 Å². The summed E-state index contributed by atoms with van der Waals surface area (Å²) in [6, 6.07) is 7.96. The quantitative estimate of drug-likeness (QED) is 0.529. The second kappa shape index (κ2) is 6.94. The van der Waals surface area contributed by atoms with Crippen LogP contribution in [-0.2, 0) is 4.79 Å². The number of aromatic amines is 2. The second-order valence-electron chi connectivity index (χ2n) is 7.36. The SMILES string of the molecule is O=C1CC(c2ccco2)CC2=C1C(c1ccc(F)c(Br)c1)c1c([nH]c(=O)[nH]c1=O)N2. The van der Waals surface area contributed by atoms with Gasteiger partial charge in [0.25, 0.3) is 5.56 Å². The fraction of sp³-hybridized carbons (Fsp3) is 0.190. The lowest BCUT2D eigenvalue weighted by molar-refractivity contribution is -0.116. The maximum Gasteiger partial charge on any atom is 0.327 e. The monoisotopic (exact) mass is 471 g/mol. The van der Waals surface area contributed by atoms with Crippen molar-refractivity contribution in [3.63, 3.8) is 0 Å². The van der Waals surface area contributed by atoms with E-state index in [1.54, 1.807) is 24.5 Å². The molecule has 2 atom stereocenters. The number of hydrogen-bond acceptors (Lipinski definition) is 5. The number of nitrogens with one attached hydrogen (secondary N) is 3. The van der Waals surface area contributed by atoms with Crippen molar-refractivity contribution in [2.24, 2.45) is 0 Å². The minimum absolute atomic E-state index is 0.133. The molecule has 3 N–H and O–H groups in total. The van der Waals surface area contributed by atoms with Gasteiger partial charge in [0.2, 0.25) is 0 Å². The third-order valence-corrected chi connectivity index (χ3v) is 6.17.